The molecule has 0 spiro atoms. The third-order valence-corrected chi connectivity index (χ3v) is 5.10. The van der Waals surface area contributed by atoms with Crippen LogP contribution in [0.4, 0.5) is 17.6 Å². The van der Waals surface area contributed by atoms with E-state index in [1.54, 1.807) is 30.3 Å². The van der Waals surface area contributed by atoms with E-state index in [1.807, 2.05) is 0 Å². The van der Waals surface area contributed by atoms with Crippen LogP contribution in [0.1, 0.15) is 21.5 Å². The van der Waals surface area contributed by atoms with Crippen molar-refractivity contribution >= 4 is 5.97 Å². The highest BCUT2D eigenvalue weighted by Crippen LogP contribution is 2.43. The molecule has 0 aliphatic rings. The van der Waals surface area contributed by atoms with Crippen molar-refractivity contribution in [2.24, 2.45) is 0 Å². The Morgan fingerprint density at radius 2 is 1.62 bits per heavy atom. The maximum absolute atomic E-state index is 14.0. The number of nitrogens with zero attached hydrogens (tertiary/aromatic N) is 1. The lowest BCUT2D eigenvalue weighted by Gasteiger charge is -2.18. The van der Waals surface area contributed by atoms with Gasteiger partial charge in [0.15, 0.2) is 5.76 Å². The van der Waals surface area contributed by atoms with Crippen molar-refractivity contribution in [3.05, 3.63) is 89.2 Å². The van der Waals surface area contributed by atoms with Gasteiger partial charge in [0.1, 0.15) is 11.5 Å². The van der Waals surface area contributed by atoms with Gasteiger partial charge in [-0.2, -0.15) is 13.2 Å². The zero-order valence-electron chi connectivity index (χ0n) is 16.6. The van der Waals surface area contributed by atoms with Crippen molar-refractivity contribution < 1.29 is 32.0 Å². The fourth-order valence-electron chi connectivity index (χ4n) is 3.59. The first-order valence-corrected chi connectivity index (χ1v) is 9.43. The maximum atomic E-state index is 14.0. The van der Waals surface area contributed by atoms with Crippen LogP contribution in [0.25, 0.3) is 33.7 Å². The van der Waals surface area contributed by atoms with E-state index < -0.39 is 29.1 Å². The van der Waals surface area contributed by atoms with E-state index in [4.69, 9.17) is 9.63 Å². The highest BCUT2D eigenvalue weighted by atomic mass is 19.4. The van der Waals surface area contributed by atoms with Gasteiger partial charge in [0, 0.05) is 17.2 Å². The minimum Gasteiger partial charge on any atom is -0.478 e. The fourth-order valence-corrected chi connectivity index (χ4v) is 3.59. The lowest BCUT2D eigenvalue weighted by molar-refractivity contribution is -0.137. The molecule has 0 bridgehead atoms. The monoisotopic (exact) mass is 441 g/mol. The fraction of sp³-hybridized carbons (Fsp3) is 0.0833. The van der Waals surface area contributed by atoms with E-state index in [0.717, 1.165) is 12.1 Å². The van der Waals surface area contributed by atoms with Crippen molar-refractivity contribution in [1.82, 2.24) is 5.16 Å². The van der Waals surface area contributed by atoms with Crippen LogP contribution in [0.2, 0.25) is 0 Å². The number of halogens is 4. The van der Waals surface area contributed by atoms with Crippen molar-refractivity contribution in [2.75, 3.05) is 0 Å². The van der Waals surface area contributed by atoms with Gasteiger partial charge < -0.3 is 9.63 Å². The molecule has 0 amide bonds. The topological polar surface area (TPSA) is 63.3 Å². The van der Waals surface area contributed by atoms with E-state index >= 15 is 0 Å². The van der Waals surface area contributed by atoms with Crippen LogP contribution in [0.3, 0.4) is 0 Å². The summed E-state index contributed by atoms with van der Waals surface area (Å²) >= 11 is 0. The number of carbonyl (C=O) groups is 1. The maximum Gasteiger partial charge on any atom is 0.417 e. The van der Waals surface area contributed by atoms with E-state index in [1.165, 1.54) is 31.2 Å². The molecule has 3 aromatic carbocycles. The molecule has 1 aromatic heterocycles. The number of benzene rings is 3. The van der Waals surface area contributed by atoms with Crippen LogP contribution in [-0.4, -0.2) is 16.2 Å². The molecule has 0 saturated carbocycles. The summed E-state index contributed by atoms with van der Waals surface area (Å²) in [4.78, 5) is 11.0. The molecule has 0 radical (unpaired) electrons. The second-order valence-electron chi connectivity index (χ2n) is 7.10. The van der Waals surface area contributed by atoms with Crippen LogP contribution >= 0.6 is 0 Å². The minimum atomic E-state index is -4.61. The zero-order chi connectivity index (χ0) is 23.0. The first kappa shape index (κ1) is 21.3. The van der Waals surface area contributed by atoms with Crippen LogP contribution < -0.4 is 0 Å². The molecule has 4 nitrogen and oxygen atoms in total. The third kappa shape index (κ3) is 3.87. The Kier molecular flexibility index (Phi) is 5.30. The van der Waals surface area contributed by atoms with Gasteiger partial charge in [-0.25, -0.2) is 9.18 Å². The van der Waals surface area contributed by atoms with Gasteiger partial charge in [0.25, 0.3) is 0 Å². The Hall–Kier alpha value is -3.94. The van der Waals surface area contributed by atoms with E-state index in [9.17, 15) is 22.4 Å². The number of hydrogen-bond donors (Lipinski definition) is 1. The van der Waals surface area contributed by atoms with E-state index in [2.05, 4.69) is 5.16 Å². The lowest BCUT2D eigenvalue weighted by Crippen LogP contribution is -2.10. The van der Waals surface area contributed by atoms with Gasteiger partial charge in [-0.15, -0.1) is 0 Å². The Bertz CT molecular complexity index is 1310. The smallest absolute Gasteiger partial charge is 0.417 e. The average Bonchev–Trinajstić information content (AvgIpc) is 3.22. The van der Waals surface area contributed by atoms with Gasteiger partial charge >= 0.3 is 12.1 Å². The summed E-state index contributed by atoms with van der Waals surface area (Å²) < 4.78 is 61.2. The van der Waals surface area contributed by atoms with E-state index in [-0.39, 0.29) is 33.7 Å². The molecule has 1 heterocycles. The van der Waals surface area contributed by atoms with Crippen molar-refractivity contribution in [3.63, 3.8) is 0 Å². The van der Waals surface area contributed by atoms with Crippen molar-refractivity contribution in [3.8, 4) is 33.7 Å². The summed E-state index contributed by atoms with van der Waals surface area (Å²) in [6.45, 7) is 1.36. The summed E-state index contributed by atoms with van der Waals surface area (Å²) in [5, 5.41) is 12.8. The average molecular weight is 441 g/mol. The van der Waals surface area contributed by atoms with E-state index in [0.29, 0.717) is 5.56 Å². The van der Waals surface area contributed by atoms with Crippen LogP contribution in [0, 0.1) is 12.7 Å². The number of alkyl halides is 3. The quantitative estimate of drug-likeness (QED) is 0.352. The number of carboxylic acids is 1. The predicted molar refractivity (Wildman–Crippen MR) is 109 cm³/mol. The van der Waals surface area contributed by atoms with Gasteiger partial charge in [-0.1, -0.05) is 53.7 Å². The molecule has 8 heteroatoms. The number of rotatable bonds is 4. The molecule has 0 fully saturated rings. The Morgan fingerprint density at radius 3 is 2.25 bits per heavy atom. The summed E-state index contributed by atoms with van der Waals surface area (Å²) in [5.74, 6) is -2.30. The summed E-state index contributed by atoms with van der Waals surface area (Å²) in [6.07, 6.45) is -4.61. The molecule has 4 aromatic rings. The molecule has 0 aliphatic heterocycles. The third-order valence-electron chi connectivity index (χ3n) is 5.10. The first-order valence-electron chi connectivity index (χ1n) is 9.43. The molecule has 0 aliphatic carbocycles. The van der Waals surface area contributed by atoms with Crippen LogP contribution in [0.15, 0.2) is 71.3 Å². The number of aromatic nitrogens is 1. The lowest BCUT2D eigenvalue weighted by atomic mass is 9.91. The molecule has 0 saturated heterocycles. The van der Waals surface area contributed by atoms with Crippen LogP contribution in [0.5, 0.6) is 0 Å². The van der Waals surface area contributed by atoms with Crippen molar-refractivity contribution in [2.45, 2.75) is 13.1 Å². The molecule has 162 valence electrons. The molecule has 4 rings (SSSR count). The highest BCUT2D eigenvalue weighted by Gasteiger charge is 2.37. The van der Waals surface area contributed by atoms with Crippen molar-refractivity contribution in [1.29, 1.82) is 0 Å². The molecule has 1 N–H and O–H groups in total. The Balaban J connectivity index is 1.80. The summed E-state index contributed by atoms with van der Waals surface area (Å²) in [6, 6.07) is 16.0. The zero-order valence-corrected chi connectivity index (χ0v) is 16.6. The second kappa shape index (κ2) is 7.96. The SMILES string of the molecule is Cc1c(-c2cc(-c3ccc(C(=O)O)c(F)c3)no2)ccc(-c2ccccc2)c1C(F)(F)F. The number of hydrogen-bond acceptors (Lipinski definition) is 3. The summed E-state index contributed by atoms with van der Waals surface area (Å²) in [5.41, 5.74) is -0.247. The first-order chi connectivity index (χ1) is 15.2. The van der Waals surface area contributed by atoms with Crippen LogP contribution in [-0.2, 0) is 6.18 Å². The van der Waals surface area contributed by atoms with Gasteiger partial charge in [-0.3, -0.25) is 0 Å². The molecular weight excluding hydrogens is 426 g/mol. The van der Waals surface area contributed by atoms with Gasteiger partial charge in [0.05, 0.1) is 11.1 Å². The highest BCUT2D eigenvalue weighted by molar-refractivity contribution is 5.88. The Labute approximate surface area is 179 Å². The summed E-state index contributed by atoms with van der Waals surface area (Å²) in [7, 11) is 0. The number of aromatic carboxylic acids is 1. The normalized spacial score (nSPS) is 11.5. The standard InChI is InChI=1S/C24H15F4NO3/c1-13-16(9-10-17(22(13)24(26,27)28)14-5-3-2-4-6-14)21-12-20(29-32-21)15-7-8-18(23(30)31)19(25)11-15/h2-12H,1H3,(H,30,31). The second-order valence-corrected chi connectivity index (χ2v) is 7.10. The number of carboxylic acid groups (broad SMARTS) is 1. The molecule has 0 unspecified atom stereocenters. The van der Waals surface area contributed by atoms with Gasteiger partial charge in [-0.05, 0) is 35.7 Å². The predicted octanol–water partition coefficient (Wildman–Crippen LogP) is 6.84. The minimum absolute atomic E-state index is 0.0334. The largest absolute Gasteiger partial charge is 0.478 e. The molecular formula is C24H15F4NO3. The molecule has 32 heavy (non-hydrogen) atoms. The molecule has 0 atom stereocenters. The van der Waals surface area contributed by atoms with Gasteiger partial charge in [0.2, 0.25) is 0 Å². The Morgan fingerprint density at radius 1 is 0.938 bits per heavy atom.